The molecule has 0 saturated heterocycles. The van der Waals surface area contributed by atoms with Gasteiger partial charge in [0.05, 0.1) is 12.7 Å². The highest BCUT2D eigenvalue weighted by Crippen LogP contribution is 2.00. The highest BCUT2D eigenvalue weighted by molar-refractivity contribution is 5.93. The Balaban J connectivity index is 2.93. The maximum atomic E-state index is 10.9. The van der Waals surface area contributed by atoms with Gasteiger partial charge in [0.1, 0.15) is 5.69 Å². The molecule has 0 aliphatic rings. The maximum Gasteiger partial charge on any atom is 0.356 e. The van der Waals surface area contributed by atoms with Crippen molar-refractivity contribution in [2.45, 2.75) is 0 Å². The number of primary amides is 1. The lowest BCUT2D eigenvalue weighted by molar-refractivity contribution is 0.0593. The number of methoxy groups -OCH3 is 1. The monoisotopic (exact) mass is 180 g/mol. The molecule has 5 heteroatoms. The van der Waals surface area contributed by atoms with E-state index in [4.69, 9.17) is 5.73 Å². The van der Waals surface area contributed by atoms with Gasteiger partial charge in [0, 0.05) is 6.20 Å². The lowest BCUT2D eigenvalue weighted by Crippen LogP contribution is -2.12. The van der Waals surface area contributed by atoms with E-state index in [-0.39, 0.29) is 11.3 Å². The number of amides is 1. The van der Waals surface area contributed by atoms with Crippen LogP contribution in [0.25, 0.3) is 0 Å². The molecule has 0 aromatic carbocycles. The van der Waals surface area contributed by atoms with Crippen molar-refractivity contribution in [2.75, 3.05) is 7.11 Å². The minimum atomic E-state index is -0.580. The molecule has 0 saturated carbocycles. The van der Waals surface area contributed by atoms with Gasteiger partial charge in [0.15, 0.2) is 0 Å². The van der Waals surface area contributed by atoms with Crippen LogP contribution in [-0.2, 0) is 4.74 Å². The van der Waals surface area contributed by atoms with Crippen LogP contribution in [0.2, 0.25) is 0 Å². The number of esters is 1. The molecule has 68 valence electrons. The summed E-state index contributed by atoms with van der Waals surface area (Å²) in [7, 11) is 1.26. The second-order valence-electron chi connectivity index (χ2n) is 2.29. The third kappa shape index (κ3) is 2.02. The van der Waals surface area contributed by atoms with Gasteiger partial charge < -0.3 is 10.5 Å². The number of nitrogens with zero attached hydrogens (tertiary/aromatic N) is 1. The lowest BCUT2D eigenvalue weighted by atomic mass is 10.2. The third-order valence-electron chi connectivity index (χ3n) is 1.44. The first-order chi connectivity index (χ1) is 6.15. The van der Waals surface area contributed by atoms with Crippen molar-refractivity contribution >= 4 is 11.9 Å². The second kappa shape index (κ2) is 3.66. The Morgan fingerprint density at radius 2 is 2.15 bits per heavy atom. The first kappa shape index (κ1) is 9.18. The molecule has 0 radical (unpaired) electrons. The number of ether oxygens (including phenoxy) is 1. The first-order valence-electron chi connectivity index (χ1n) is 3.49. The number of carbonyl (C=O) groups is 2. The fourth-order valence-corrected chi connectivity index (χ4v) is 0.765. The summed E-state index contributed by atoms with van der Waals surface area (Å²) in [6.45, 7) is 0. The minimum absolute atomic E-state index is 0.146. The Morgan fingerprint density at radius 1 is 1.46 bits per heavy atom. The summed E-state index contributed by atoms with van der Waals surface area (Å²) in [5.41, 5.74) is 5.38. The van der Waals surface area contributed by atoms with Crippen molar-refractivity contribution in [1.29, 1.82) is 0 Å². The smallest absolute Gasteiger partial charge is 0.356 e. The van der Waals surface area contributed by atoms with E-state index in [9.17, 15) is 9.59 Å². The summed E-state index contributed by atoms with van der Waals surface area (Å²) in [5.74, 6) is -1.13. The Morgan fingerprint density at radius 3 is 2.54 bits per heavy atom. The summed E-state index contributed by atoms with van der Waals surface area (Å²) in [4.78, 5) is 25.2. The summed E-state index contributed by atoms with van der Waals surface area (Å²) in [5, 5.41) is 0. The molecule has 0 aliphatic heterocycles. The normalized spacial score (nSPS) is 9.31. The van der Waals surface area contributed by atoms with E-state index in [0.717, 1.165) is 0 Å². The van der Waals surface area contributed by atoms with Gasteiger partial charge in [-0.1, -0.05) is 0 Å². The molecule has 0 bridgehead atoms. The number of aromatic nitrogens is 1. The SMILES string of the molecule is COC(=O)c1ccc(C(N)=O)cn1. The first-order valence-corrected chi connectivity index (χ1v) is 3.49. The van der Waals surface area contributed by atoms with Gasteiger partial charge in [0.25, 0.3) is 0 Å². The van der Waals surface area contributed by atoms with Crippen LogP contribution in [0.3, 0.4) is 0 Å². The van der Waals surface area contributed by atoms with E-state index in [0.29, 0.717) is 0 Å². The molecule has 0 fully saturated rings. The van der Waals surface area contributed by atoms with Gasteiger partial charge in [0.2, 0.25) is 5.91 Å². The summed E-state index contributed by atoms with van der Waals surface area (Å²) in [6, 6.07) is 2.80. The summed E-state index contributed by atoms with van der Waals surface area (Å²) >= 11 is 0. The molecule has 5 nitrogen and oxygen atoms in total. The number of pyridine rings is 1. The van der Waals surface area contributed by atoms with Gasteiger partial charge in [-0.25, -0.2) is 9.78 Å². The van der Waals surface area contributed by atoms with Crippen molar-refractivity contribution in [1.82, 2.24) is 4.98 Å². The average molecular weight is 180 g/mol. The van der Waals surface area contributed by atoms with E-state index in [1.807, 2.05) is 0 Å². The Hall–Kier alpha value is -1.91. The van der Waals surface area contributed by atoms with Crippen LogP contribution in [0, 0.1) is 0 Å². The predicted octanol–water partition coefficient (Wildman–Crippen LogP) is -0.0329. The van der Waals surface area contributed by atoms with Crippen LogP contribution >= 0.6 is 0 Å². The van der Waals surface area contributed by atoms with E-state index in [2.05, 4.69) is 9.72 Å². The molecule has 0 spiro atoms. The summed E-state index contributed by atoms with van der Waals surface area (Å²) in [6.07, 6.45) is 1.23. The molecule has 2 N–H and O–H groups in total. The van der Waals surface area contributed by atoms with Crippen molar-refractivity contribution in [3.63, 3.8) is 0 Å². The van der Waals surface area contributed by atoms with Gasteiger partial charge in [-0.3, -0.25) is 4.79 Å². The zero-order chi connectivity index (χ0) is 9.84. The molecule has 1 heterocycles. The van der Waals surface area contributed by atoms with E-state index in [1.54, 1.807) is 0 Å². The Kier molecular flexibility index (Phi) is 2.59. The Labute approximate surface area is 74.5 Å². The quantitative estimate of drug-likeness (QED) is 0.647. The van der Waals surface area contributed by atoms with Crippen LogP contribution < -0.4 is 5.73 Å². The molecule has 1 amide bonds. The fourth-order valence-electron chi connectivity index (χ4n) is 0.765. The highest BCUT2D eigenvalue weighted by atomic mass is 16.5. The number of hydrogen-bond acceptors (Lipinski definition) is 4. The van der Waals surface area contributed by atoms with E-state index >= 15 is 0 Å². The number of hydrogen-bond donors (Lipinski definition) is 1. The average Bonchev–Trinajstić information content (AvgIpc) is 2.17. The van der Waals surface area contributed by atoms with Crippen LogP contribution in [0.5, 0.6) is 0 Å². The van der Waals surface area contributed by atoms with Gasteiger partial charge in [-0.05, 0) is 12.1 Å². The van der Waals surface area contributed by atoms with E-state index < -0.39 is 11.9 Å². The van der Waals surface area contributed by atoms with Crippen molar-refractivity contribution in [3.05, 3.63) is 29.6 Å². The fraction of sp³-hybridized carbons (Fsp3) is 0.125. The van der Waals surface area contributed by atoms with Crippen molar-refractivity contribution in [3.8, 4) is 0 Å². The number of carbonyl (C=O) groups excluding carboxylic acids is 2. The molecule has 13 heavy (non-hydrogen) atoms. The molecule has 0 atom stereocenters. The minimum Gasteiger partial charge on any atom is -0.464 e. The third-order valence-corrected chi connectivity index (χ3v) is 1.44. The van der Waals surface area contributed by atoms with Gasteiger partial charge in [-0.15, -0.1) is 0 Å². The molecule has 1 aromatic rings. The Bertz CT molecular complexity index is 332. The molecule has 0 aliphatic carbocycles. The molecular formula is C8H8N2O3. The van der Waals surface area contributed by atoms with Crippen LogP contribution in [-0.4, -0.2) is 24.0 Å². The molecule has 1 aromatic heterocycles. The van der Waals surface area contributed by atoms with Crippen molar-refractivity contribution in [2.24, 2.45) is 5.73 Å². The standard InChI is InChI=1S/C8H8N2O3/c1-13-8(12)6-3-2-5(4-10-6)7(9)11/h2-4H,1H3,(H2,9,11). The second-order valence-corrected chi connectivity index (χ2v) is 2.29. The van der Waals surface area contributed by atoms with Crippen LogP contribution in [0.4, 0.5) is 0 Å². The predicted molar refractivity (Wildman–Crippen MR) is 44.1 cm³/mol. The van der Waals surface area contributed by atoms with Gasteiger partial charge in [-0.2, -0.15) is 0 Å². The van der Waals surface area contributed by atoms with Gasteiger partial charge >= 0.3 is 5.97 Å². The summed E-state index contributed by atoms with van der Waals surface area (Å²) < 4.78 is 4.42. The maximum absolute atomic E-state index is 10.9. The molecule has 0 unspecified atom stereocenters. The lowest BCUT2D eigenvalue weighted by Gasteiger charge is -1.98. The topological polar surface area (TPSA) is 82.3 Å². The number of rotatable bonds is 2. The van der Waals surface area contributed by atoms with Crippen molar-refractivity contribution < 1.29 is 14.3 Å². The molecule has 1 rings (SSSR count). The highest BCUT2D eigenvalue weighted by Gasteiger charge is 2.07. The zero-order valence-electron chi connectivity index (χ0n) is 6.98. The number of nitrogens with two attached hydrogens (primary N) is 1. The van der Waals surface area contributed by atoms with Crippen LogP contribution in [0.15, 0.2) is 18.3 Å². The molecular weight excluding hydrogens is 172 g/mol. The largest absolute Gasteiger partial charge is 0.464 e. The zero-order valence-corrected chi connectivity index (χ0v) is 6.98. The van der Waals surface area contributed by atoms with Crippen LogP contribution in [0.1, 0.15) is 20.8 Å². The van der Waals surface area contributed by atoms with E-state index in [1.165, 1.54) is 25.4 Å².